The average Bonchev–Trinajstić information content (AvgIpc) is 3.57. The maximum absolute atomic E-state index is 6.25. The Kier molecular flexibility index (Phi) is 4.52. The lowest BCUT2D eigenvalue weighted by atomic mass is 9.96. The zero-order valence-corrected chi connectivity index (χ0v) is 22.2. The van der Waals surface area contributed by atoms with Crippen molar-refractivity contribution in [1.82, 2.24) is 4.98 Å². The predicted octanol–water partition coefficient (Wildman–Crippen LogP) is 11.0. The highest BCUT2D eigenvalue weighted by Gasteiger charge is 2.17. The second-order valence-corrected chi connectivity index (χ2v) is 11.4. The summed E-state index contributed by atoms with van der Waals surface area (Å²) in [6, 6.07) is 45.3. The minimum atomic E-state index is 0.882. The van der Waals surface area contributed by atoms with Gasteiger partial charge in [0.25, 0.3) is 0 Å². The van der Waals surface area contributed by atoms with Gasteiger partial charge >= 0.3 is 0 Å². The molecule has 6 aromatic carbocycles. The first-order chi connectivity index (χ1) is 19.8. The second-order valence-electron chi connectivity index (χ2n) is 10.4. The van der Waals surface area contributed by atoms with Gasteiger partial charge in [-0.25, -0.2) is 4.98 Å². The Morgan fingerprint density at radius 2 is 1.25 bits per heavy atom. The first-order valence-electron chi connectivity index (χ1n) is 13.5. The van der Waals surface area contributed by atoms with Crippen molar-refractivity contribution >= 4 is 75.1 Å². The van der Waals surface area contributed by atoms with Crippen LogP contribution in [0.25, 0.3) is 86.2 Å². The van der Waals surface area contributed by atoms with Gasteiger partial charge in [-0.3, -0.25) is 0 Å². The van der Waals surface area contributed by atoms with E-state index >= 15 is 0 Å². The molecule has 0 aliphatic carbocycles. The van der Waals surface area contributed by atoms with E-state index in [1.165, 1.54) is 47.5 Å². The molecular weight excluding hydrogens is 506 g/mol. The van der Waals surface area contributed by atoms with Gasteiger partial charge in [0.15, 0.2) is 0 Å². The van der Waals surface area contributed by atoms with E-state index in [1.54, 1.807) is 0 Å². The summed E-state index contributed by atoms with van der Waals surface area (Å²) in [5.41, 5.74) is 7.20. The molecule has 0 radical (unpaired) electrons. The highest BCUT2D eigenvalue weighted by atomic mass is 32.1. The lowest BCUT2D eigenvalue weighted by Gasteiger charge is -2.12. The molecule has 0 saturated heterocycles. The molecule has 0 bridgehead atoms. The van der Waals surface area contributed by atoms with Gasteiger partial charge in [-0.2, -0.15) is 0 Å². The maximum atomic E-state index is 6.25. The summed E-state index contributed by atoms with van der Waals surface area (Å²) in [6.07, 6.45) is 0. The number of rotatable bonds is 2. The molecule has 0 aliphatic rings. The number of aromatic nitrogens is 1. The van der Waals surface area contributed by atoms with Crippen molar-refractivity contribution in [2.75, 3.05) is 0 Å². The Morgan fingerprint density at radius 1 is 0.500 bits per heavy atom. The SMILES string of the molecule is c1ccc(-c2cc(-c3ccc4c(c3)oc3ccccc34)nc3c2ccc2sc4cc5ccccc5cc4c23)cc1. The molecular formula is C37H21NOS. The largest absolute Gasteiger partial charge is 0.456 e. The normalized spacial score (nSPS) is 12.0. The van der Waals surface area contributed by atoms with Crippen LogP contribution in [0, 0.1) is 0 Å². The predicted molar refractivity (Wildman–Crippen MR) is 170 cm³/mol. The average molecular weight is 528 g/mol. The zero-order chi connectivity index (χ0) is 26.2. The molecule has 0 aliphatic heterocycles. The molecule has 9 aromatic rings. The van der Waals surface area contributed by atoms with Crippen LogP contribution < -0.4 is 0 Å². The Bertz CT molecular complexity index is 2430. The minimum Gasteiger partial charge on any atom is -0.456 e. The summed E-state index contributed by atoms with van der Waals surface area (Å²) in [7, 11) is 0. The summed E-state index contributed by atoms with van der Waals surface area (Å²) < 4.78 is 8.80. The lowest BCUT2D eigenvalue weighted by molar-refractivity contribution is 0.669. The van der Waals surface area contributed by atoms with E-state index in [4.69, 9.17) is 9.40 Å². The molecule has 0 saturated carbocycles. The zero-order valence-electron chi connectivity index (χ0n) is 21.4. The van der Waals surface area contributed by atoms with Crippen LogP contribution in [-0.2, 0) is 0 Å². The molecule has 2 nitrogen and oxygen atoms in total. The second kappa shape index (κ2) is 8.25. The molecule has 3 heteroatoms. The minimum absolute atomic E-state index is 0.882. The van der Waals surface area contributed by atoms with Crippen molar-refractivity contribution in [2.24, 2.45) is 0 Å². The molecule has 0 amide bonds. The highest BCUT2D eigenvalue weighted by Crippen LogP contribution is 2.43. The third kappa shape index (κ3) is 3.19. The summed E-state index contributed by atoms with van der Waals surface area (Å²) in [5, 5.41) is 8.44. The summed E-state index contributed by atoms with van der Waals surface area (Å²) in [6.45, 7) is 0. The van der Waals surface area contributed by atoms with Crippen molar-refractivity contribution in [3.05, 3.63) is 127 Å². The molecule has 0 spiro atoms. The number of furan rings is 1. The first kappa shape index (κ1) is 21.9. The third-order valence-electron chi connectivity index (χ3n) is 8.04. The fraction of sp³-hybridized carbons (Fsp3) is 0. The molecule has 3 aromatic heterocycles. The van der Waals surface area contributed by atoms with Crippen LogP contribution in [0.1, 0.15) is 0 Å². The molecule has 40 heavy (non-hydrogen) atoms. The lowest BCUT2D eigenvalue weighted by Crippen LogP contribution is -1.91. The van der Waals surface area contributed by atoms with Gasteiger partial charge < -0.3 is 4.42 Å². The fourth-order valence-corrected chi connectivity index (χ4v) is 7.26. The van der Waals surface area contributed by atoms with E-state index in [1.807, 2.05) is 23.5 Å². The van der Waals surface area contributed by atoms with E-state index in [-0.39, 0.29) is 0 Å². The number of hydrogen-bond donors (Lipinski definition) is 0. The van der Waals surface area contributed by atoms with Crippen molar-refractivity contribution < 1.29 is 4.42 Å². The number of fused-ring (bicyclic) bond motifs is 9. The van der Waals surface area contributed by atoms with Crippen LogP contribution >= 0.6 is 11.3 Å². The number of hydrogen-bond acceptors (Lipinski definition) is 3. The van der Waals surface area contributed by atoms with Crippen LogP contribution in [-0.4, -0.2) is 4.98 Å². The van der Waals surface area contributed by atoms with Crippen LogP contribution in [0.5, 0.6) is 0 Å². The Labute approximate surface area is 233 Å². The molecule has 0 unspecified atom stereocenters. The Balaban J connectivity index is 1.38. The van der Waals surface area contributed by atoms with E-state index in [2.05, 4.69) is 115 Å². The van der Waals surface area contributed by atoms with Gasteiger partial charge in [0.05, 0.1) is 11.2 Å². The van der Waals surface area contributed by atoms with Gasteiger partial charge in [0.1, 0.15) is 11.2 Å². The number of nitrogens with zero attached hydrogens (tertiary/aromatic N) is 1. The van der Waals surface area contributed by atoms with E-state index in [0.717, 1.165) is 38.7 Å². The Morgan fingerprint density at radius 3 is 2.15 bits per heavy atom. The molecule has 0 N–H and O–H groups in total. The highest BCUT2D eigenvalue weighted by molar-refractivity contribution is 7.26. The van der Waals surface area contributed by atoms with Crippen LogP contribution in [0.15, 0.2) is 132 Å². The maximum Gasteiger partial charge on any atom is 0.136 e. The van der Waals surface area contributed by atoms with Gasteiger partial charge in [0, 0.05) is 41.9 Å². The van der Waals surface area contributed by atoms with E-state index in [0.29, 0.717) is 0 Å². The van der Waals surface area contributed by atoms with Crippen LogP contribution in [0.2, 0.25) is 0 Å². The van der Waals surface area contributed by atoms with Crippen LogP contribution in [0.3, 0.4) is 0 Å². The third-order valence-corrected chi connectivity index (χ3v) is 9.16. The van der Waals surface area contributed by atoms with E-state index in [9.17, 15) is 0 Å². The van der Waals surface area contributed by atoms with E-state index < -0.39 is 0 Å². The fourth-order valence-electron chi connectivity index (χ4n) is 6.13. The number of pyridine rings is 1. The smallest absolute Gasteiger partial charge is 0.136 e. The van der Waals surface area contributed by atoms with Crippen molar-refractivity contribution in [3.63, 3.8) is 0 Å². The first-order valence-corrected chi connectivity index (χ1v) is 14.3. The molecule has 9 rings (SSSR count). The van der Waals surface area contributed by atoms with Gasteiger partial charge in [0.2, 0.25) is 0 Å². The van der Waals surface area contributed by atoms with Gasteiger partial charge in [-0.1, -0.05) is 84.9 Å². The number of benzene rings is 6. The number of thiophene rings is 1. The standard InChI is InChI=1S/C37H21NOS/c1-2-8-22(9-3-1)29-21-31(25-14-15-27-26-12-6-7-13-32(26)39-33(27)19-25)38-37-28(29)16-17-34-36(37)30-18-23-10-4-5-11-24(23)20-35(30)40-34/h1-21H. The van der Waals surface area contributed by atoms with Crippen molar-refractivity contribution in [2.45, 2.75) is 0 Å². The molecule has 3 heterocycles. The summed E-state index contributed by atoms with van der Waals surface area (Å²) in [5.74, 6) is 0. The Hall–Kier alpha value is -4.99. The monoisotopic (exact) mass is 527 g/mol. The summed E-state index contributed by atoms with van der Waals surface area (Å²) >= 11 is 1.84. The van der Waals surface area contributed by atoms with Crippen LogP contribution in [0.4, 0.5) is 0 Å². The van der Waals surface area contributed by atoms with Crippen molar-refractivity contribution in [3.8, 4) is 22.4 Å². The molecule has 0 atom stereocenters. The number of para-hydroxylation sites is 1. The summed E-state index contributed by atoms with van der Waals surface area (Å²) in [4.78, 5) is 5.39. The van der Waals surface area contributed by atoms with Gasteiger partial charge in [-0.15, -0.1) is 11.3 Å². The molecule has 0 fully saturated rings. The quantitative estimate of drug-likeness (QED) is 0.223. The van der Waals surface area contributed by atoms with Gasteiger partial charge in [-0.05, 0) is 64.4 Å². The topological polar surface area (TPSA) is 26.0 Å². The molecule has 186 valence electrons. The van der Waals surface area contributed by atoms with Crippen molar-refractivity contribution in [1.29, 1.82) is 0 Å².